The molecule has 2 N–H and O–H groups in total. The molecule has 1 aromatic rings. The van der Waals surface area contributed by atoms with Gasteiger partial charge in [-0.25, -0.2) is 4.79 Å². The lowest BCUT2D eigenvalue weighted by Gasteiger charge is -2.03. The second-order valence-electron chi connectivity index (χ2n) is 4.88. The Balaban J connectivity index is 0.000000174. The van der Waals surface area contributed by atoms with Crippen LogP contribution in [0.15, 0.2) is 54.9 Å². The maximum absolute atomic E-state index is 11.1. The van der Waals surface area contributed by atoms with Crippen molar-refractivity contribution in [3.8, 4) is 0 Å². The van der Waals surface area contributed by atoms with E-state index in [0.717, 1.165) is 21.6 Å². The average molecular weight is 289 g/mol. The van der Waals surface area contributed by atoms with Gasteiger partial charge in [-0.1, -0.05) is 48.6 Å². The van der Waals surface area contributed by atoms with E-state index >= 15 is 0 Å². The lowest BCUT2D eigenvalue weighted by Crippen LogP contribution is -2.23. The number of hydrogen-bond donors (Lipinski definition) is 2. The van der Waals surface area contributed by atoms with E-state index in [1.165, 1.54) is 0 Å². The minimum absolute atomic E-state index is 0.383. The van der Waals surface area contributed by atoms with Crippen molar-refractivity contribution in [2.45, 2.75) is 0 Å². The van der Waals surface area contributed by atoms with Crippen molar-refractivity contribution < 1.29 is 9.90 Å². The molecular formula is C19H15NO2. The number of fused-ring (bicyclic) bond motifs is 3. The van der Waals surface area contributed by atoms with Crippen LogP contribution in [-0.4, -0.2) is 11.1 Å². The molecule has 0 radical (unpaired) electrons. The van der Waals surface area contributed by atoms with Crippen LogP contribution in [0.1, 0.15) is 21.5 Å². The summed E-state index contributed by atoms with van der Waals surface area (Å²) in [5.74, 6) is -0.866. The Hall–Kier alpha value is -3.07. The van der Waals surface area contributed by atoms with Gasteiger partial charge in [0.05, 0.1) is 5.56 Å². The smallest absolute Gasteiger partial charge is 0.336 e. The summed E-state index contributed by atoms with van der Waals surface area (Å²) in [6, 6.07) is 1.74. The van der Waals surface area contributed by atoms with E-state index < -0.39 is 5.97 Å². The largest absolute Gasteiger partial charge is 0.478 e. The lowest BCUT2D eigenvalue weighted by atomic mass is 10.0. The predicted octanol–water partition coefficient (Wildman–Crippen LogP) is 2.17. The van der Waals surface area contributed by atoms with Gasteiger partial charge in [-0.15, -0.1) is 0 Å². The Morgan fingerprint density at radius 2 is 1.55 bits per heavy atom. The number of rotatable bonds is 1. The second-order valence-corrected chi connectivity index (χ2v) is 4.88. The van der Waals surface area contributed by atoms with E-state index in [9.17, 15) is 4.79 Å². The van der Waals surface area contributed by atoms with Gasteiger partial charge in [-0.05, 0) is 39.8 Å². The van der Waals surface area contributed by atoms with Crippen LogP contribution in [0, 0.1) is 0 Å². The molecule has 3 heteroatoms. The predicted molar refractivity (Wildman–Crippen MR) is 90.2 cm³/mol. The van der Waals surface area contributed by atoms with E-state index in [2.05, 4.69) is 5.32 Å². The lowest BCUT2D eigenvalue weighted by molar-refractivity contribution is 0.0695. The van der Waals surface area contributed by atoms with Crippen molar-refractivity contribution in [3.05, 3.63) is 82.1 Å². The average Bonchev–Trinajstić information content (AvgIpc) is 3.07. The maximum atomic E-state index is 11.1. The number of carboxylic acid groups (broad SMARTS) is 1. The molecule has 2 aliphatic carbocycles. The third kappa shape index (κ3) is 2.69. The minimum Gasteiger partial charge on any atom is -0.478 e. The molecule has 1 aliphatic heterocycles. The summed E-state index contributed by atoms with van der Waals surface area (Å²) < 4.78 is 0. The number of carboxylic acids is 1. The molecule has 0 aromatic heterocycles. The van der Waals surface area contributed by atoms with E-state index in [4.69, 9.17) is 5.11 Å². The van der Waals surface area contributed by atoms with Gasteiger partial charge >= 0.3 is 5.97 Å². The number of aromatic carboxylic acids is 1. The zero-order chi connectivity index (χ0) is 15.4. The van der Waals surface area contributed by atoms with Crippen LogP contribution in [0.25, 0.3) is 24.3 Å². The fourth-order valence-electron chi connectivity index (χ4n) is 2.51. The van der Waals surface area contributed by atoms with E-state index in [-0.39, 0.29) is 0 Å². The van der Waals surface area contributed by atoms with Crippen LogP contribution in [0.3, 0.4) is 0 Å². The van der Waals surface area contributed by atoms with Crippen molar-refractivity contribution >= 4 is 30.3 Å². The fraction of sp³-hybridized carbons (Fsp3) is 0. The molecule has 0 fully saturated rings. The molecule has 22 heavy (non-hydrogen) atoms. The van der Waals surface area contributed by atoms with Crippen molar-refractivity contribution in [2.24, 2.45) is 0 Å². The van der Waals surface area contributed by atoms with Gasteiger partial charge in [-0.2, -0.15) is 0 Å². The van der Waals surface area contributed by atoms with Gasteiger partial charge in [0, 0.05) is 12.4 Å². The Morgan fingerprint density at radius 3 is 2.27 bits per heavy atom. The normalized spacial score (nSPS) is 14.9. The number of benzene rings is 1. The standard InChI is InChI=1S/C13H8O2.C6H7N/c14-13(15)12-7-8-3-1-4-9(8)10-5-2-6-11(10)12;1-2-4-6-7-5-3-1/h1-7H,(H,14,15);1-7H. The van der Waals surface area contributed by atoms with Crippen molar-refractivity contribution in [2.75, 3.05) is 0 Å². The first-order valence-corrected chi connectivity index (χ1v) is 6.99. The number of hydrogen-bond acceptors (Lipinski definition) is 2. The van der Waals surface area contributed by atoms with Crippen LogP contribution in [0.5, 0.6) is 0 Å². The van der Waals surface area contributed by atoms with Crippen LogP contribution in [0.2, 0.25) is 0 Å². The summed E-state index contributed by atoms with van der Waals surface area (Å²) in [5.41, 5.74) is 2.53. The molecule has 0 unspecified atom stereocenters. The first-order valence-electron chi connectivity index (χ1n) is 6.99. The van der Waals surface area contributed by atoms with Crippen LogP contribution in [-0.2, 0) is 0 Å². The van der Waals surface area contributed by atoms with Crippen LogP contribution >= 0.6 is 0 Å². The van der Waals surface area contributed by atoms with Crippen molar-refractivity contribution in [3.63, 3.8) is 0 Å². The minimum atomic E-state index is -0.866. The van der Waals surface area contributed by atoms with Gasteiger partial charge in [0.2, 0.25) is 0 Å². The summed E-state index contributed by atoms with van der Waals surface area (Å²) in [6.07, 6.45) is 23.2. The number of carbonyl (C=O) groups is 1. The summed E-state index contributed by atoms with van der Waals surface area (Å²) in [5, 5.41) is 13.8. The molecule has 0 atom stereocenters. The molecule has 108 valence electrons. The van der Waals surface area contributed by atoms with Crippen molar-refractivity contribution in [1.29, 1.82) is 0 Å². The molecule has 1 aromatic carbocycles. The first-order chi connectivity index (χ1) is 10.8. The number of allylic oxidation sites excluding steroid dienone is 6. The van der Waals surface area contributed by atoms with Crippen molar-refractivity contribution in [1.82, 2.24) is 5.32 Å². The second kappa shape index (κ2) is 6.14. The highest BCUT2D eigenvalue weighted by Crippen LogP contribution is 2.13. The molecule has 0 saturated heterocycles. The SMILES string of the molecule is C1=CC=CNC=C1.O=C(O)c1cc2c(c3c1=CC=C3)C=CC=2. The molecule has 1 heterocycles. The van der Waals surface area contributed by atoms with Crippen LogP contribution < -0.4 is 15.8 Å². The van der Waals surface area contributed by atoms with Crippen LogP contribution in [0.4, 0.5) is 0 Å². The Labute approximate surface area is 128 Å². The highest BCUT2D eigenvalue weighted by Gasteiger charge is 2.14. The zero-order valence-electron chi connectivity index (χ0n) is 11.9. The fourth-order valence-corrected chi connectivity index (χ4v) is 2.51. The first kappa shape index (κ1) is 13.9. The Morgan fingerprint density at radius 1 is 0.864 bits per heavy atom. The zero-order valence-corrected chi connectivity index (χ0v) is 11.9. The maximum Gasteiger partial charge on any atom is 0.336 e. The molecule has 0 amide bonds. The van der Waals surface area contributed by atoms with Gasteiger partial charge in [0.1, 0.15) is 0 Å². The third-order valence-corrected chi connectivity index (χ3v) is 3.49. The summed E-state index contributed by atoms with van der Waals surface area (Å²) >= 11 is 0. The summed E-state index contributed by atoms with van der Waals surface area (Å²) in [4.78, 5) is 11.1. The summed E-state index contributed by atoms with van der Waals surface area (Å²) in [7, 11) is 0. The summed E-state index contributed by atoms with van der Waals surface area (Å²) in [6.45, 7) is 0. The quantitative estimate of drug-likeness (QED) is 0.833. The molecule has 0 spiro atoms. The highest BCUT2D eigenvalue weighted by atomic mass is 16.4. The van der Waals surface area contributed by atoms with E-state index in [1.807, 2.05) is 73.2 Å². The number of nitrogens with one attached hydrogen (secondary N) is 1. The molecule has 4 rings (SSSR count). The Bertz CT molecular complexity index is 867. The molecule has 0 bridgehead atoms. The molecule has 3 aliphatic rings. The molecular weight excluding hydrogens is 274 g/mol. The monoisotopic (exact) mass is 289 g/mol. The van der Waals surface area contributed by atoms with Gasteiger partial charge in [-0.3, -0.25) is 0 Å². The van der Waals surface area contributed by atoms with Gasteiger partial charge < -0.3 is 10.4 Å². The molecule has 3 nitrogen and oxygen atoms in total. The molecule has 0 saturated carbocycles. The highest BCUT2D eigenvalue weighted by molar-refractivity contribution is 5.93. The van der Waals surface area contributed by atoms with Gasteiger partial charge in [0.25, 0.3) is 0 Å². The third-order valence-electron chi connectivity index (χ3n) is 3.49. The van der Waals surface area contributed by atoms with Gasteiger partial charge in [0.15, 0.2) is 0 Å². The topological polar surface area (TPSA) is 49.3 Å². The van der Waals surface area contributed by atoms with E-state index in [0.29, 0.717) is 5.56 Å². The van der Waals surface area contributed by atoms with E-state index in [1.54, 1.807) is 6.07 Å². The Kier molecular flexibility index (Phi) is 3.88.